The van der Waals surface area contributed by atoms with Crippen molar-refractivity contribution in [2.75, 3.05) is 10.8 Å². The fourth-order valence-electron chi connectivity index (χ4n) is 2.71. The molecule has 1 saturated carbocycles. The Morgan fingerprint density at radius 2 is 2.00 bits per heavy atom. The second-order valence-corrected chi connectivity index (χ2v) is 7.96. The van der Waals surface area contributed by atoms with E-state index in [9.17, 15) is 8.42 Å². The van der Waals surface area contributed by atoms with Crippen LogP contribution < -0.4 is 4.31 Å². The third kappa shape index (κ3) is 2.99. The van der Waals surface area contributed by atoms with Crippen molar-refractivity contribution < 1.29 is 12.9 Å². The van der Waals surface area contributed by atoms with Crippen LogP contribution in [0.25, 0.3) is 11.0 Å². The van der Waals surface area contributed by atoms with E-state index in [2.05, 4.69) is 10.1 Å². The maximum absolute atomic E-state index is 13.0. The molecule has 0 aliphatic heterocycles. The molecule has 3 aromatic rings. The van der Waals surface area contributed by atoms with Gasteiger partial charge in [0.05, 0.1) is 11.9 Å². The van der Waals surface area contributed by atoms with E-state index in [1.165, 1.54) is 4.31 Å². The largest absolute Gasteiger partial charge is 0.356 e. The standard InChI is InChI=1S/C17H17N3O3S/c21-24(22,12-16-15-5-1-2-6-17(15)23-19-16)20(11-13-7-8-13)14-4-3-9-18-10-14/h1-6,9-10,13H,7-8,11-12H2. The Labute approximate surface area is 140 Å². The maximum Gasteiger partial charge on any atom is 0.241 e. The maximum atomic E-state index is 13.0. The number of nitrogens with zero attached hydrogens (tertiary/aromatic N) is 3. The SMILES string of the molecule is O=S(=O)(Cc1noc2ccccc12)N(CC1CC1)c1cccnc1. The number of anilines is 1. The minimum Gasteiger partial charge on any atom is -0.356 e. The van der Waals surface area contributed by atoms with Gasteiger partial charge in [-0.15, -0.1) is 0 Å². The van der Waals surface area contributed by atoms with Crippen LogP contribution >= 0.6 is 0 Å². The molecule has 124 valence electrons. The second-order valence-electron chi connectivity index (χ2n) is 6.07. The summed E-state index contributed by atoms with van der Waals surface area (Å²) in [6, 6.07) is 10.8. The number of sulfonamides is 1. The van der Waals surface area contributed by atoms with E-state index in [1.807, 2.05) is 18.2 Å². The number of rotatable bonds is 6. The highest BCUT2D eigenvalue weighted by molar-refractivity contribution is 7.92. The number of para-hydroxylation sites is 1. The van der Waals surface area contributed by atoms with Crippen molar-refractivity contribution in [1.29, 1.82) is 0 Å². The molecular weight excluding hydrogens is 326 g/mol. The van der Waals surface area contributed by atoms with E-state index in [0.29, 0.717) is 29.4 Å². The first kappa shape index (κ1) is 15.1. The summed E-state index contributed by atoms with van der Waals surface area (Å²) in [5, 5.41) is 4.69. The Bertz CT molecular complexity index is 949. The zero-order chi connectivity index (χ0) is 16.6. The molecular formula is C17H17N3O3S. The molecule has 2 aromatic heterocycles. The average Bonchev–Trinajstić information content (AvgIpc) is 3.34. The van der Waals surface area contributed by atoms with Crippen LogP contribution in [0.4, 0.5) is 5.69 Å². The number of benzene rings is 1. The lowest BCUT2D eigenvalue weighted by Gasteiger charge is -2.23. The van der Waals surface area contributed by atoms with Crippen LogP contribution in [-0.2, 0) is 15.8 Å². The first-order chi connectivity index (χ1) is 11.6. The fraction of sp³-hybridized carbons (Fsp3) is 0.294. The van der Waals surface area contributed by atoms with Crippen LogP contribution in [0.5, 0.6) is 0 Å². The van der Waals surface area contributed by atoms with E-state index < -0.39 is 10.0 Å². The van der Waals surface area contributed by atoms with Gasteiger partial charge in [0.2, 0.25) is 10.0 Å². The molecule has 1 aromatic carbocycles. The number of aromatic nitrogens is 2. The number of hydrogen-bond acceptors (Lipinski definition) is 5. The fourth-order valence-corrected chi connectivity index (χ4v) is 4.29. The molecule has 0 bridgehead atoms. The van der Waals surface area contributed by atoms with Crippen molar-refractivity contribution in [1.82, 2.24) is 10.1 Å². The Morgan fingerprint density at radius 1 is 1.17 bits per heavy atom. The minimum absolute atomic E-state index is 0.189. The van der Waals surface area contributed by atoms with Gasteiger partial charge in [-0.2, -0.15) is 0 Å². The molecule has 0 saturated heterocycles. The van der Waals surface area contributed by atoms with Crippen LogP contribution in [0.1, 0.15) is 18.5 Å². The van der Waals surface area contributed by atoms with Crippen molar-refractivity contribution in [3.63, 3.8) is 0 Å². The van der Waals surface area contributed by atoms with Gasteiger partial charge < -0.3 is 4.52 Å². The third-order valence-electron chi connectivity index (χ3n) is 4.16. The molecule has 0 spiro atoms. The van der Waals surface area contributed by atoms with Crippen molar-refractivity contribution in [3.8, 4) is 0 Å². The zero-order valence-electron chi connectivity index (χ0n) is 13.0. The van der Waals surface area contributed by atoms with Gasteiger partial charge in [0.15, 0.2) is 5.58 Å². The topological polar surface area (TPSA) is 76.3 Å². The Balaban J connectivity index is 1.68. The molecule has 2 heterocycles. The Morgan fingerprint density at radius 3 is 2.75 bits per heavy atom. The van der Waals surface area contributed by atoms with E-state index in [0.717, 1.165) is 18.2 Å². The number of fused-ring (bicyclic) bond motifs is 1. The summed E-state index contributed by atoms with van der Waals surface area (Å²) < 4.78 is 32.7. The molecule has 1 aliphatic rings. The van der Waals surface area contributed by atoms with Crippen molar-refractivity contribution in [2.24, 2.45) is 5.92 Å². The van der Waals surface area contributed by atoms with Crippen LogP contribution in [0.15, 0.2) is 53.3 Å². The van der Waals surface area contributed by atoms with Gasteiger partial charge in [0.1, 0.15) is 11.4 Å². The molecule has 0 unspecified atom stereocenters. The summed E-state index contributed by atoms with van der Waals surface area (Å²) in [5.74, 6) is 0.236. The quantitative estimate of drug-likeness (QED) is 0.688. The molecule has 0 N–H and O–H groups in total. The molecule has 0 radical (unpaired) electrons. The predicted molar refractivity (Wildman–Crippen MR) is 90.9 cm³/mol. The third-order valence-corrected chi connectivity index (χ3v) is 5.83. The Hall–Kier alpha value is -2.41. The van der Waals surface area contributed by atoms with Crippen molar-refractivity contribution >= 4 is 26.7 Å². The van der Waals surface area contributed by atoms with E-state index >= 15 is 0 Å². The normalized spacial score (nSPS) is 14.8. The molecule has 1 aliphatic carbocycles. The van der Waals surface area contributed by atoms with Crippen LogP contribution in [0, 0.1) is 5.92 Å². The lowest BCUT2D eigenvalue weighted by Crippen LogP contribution is -2.34. The monoisotopic (exact) mass is 343 g/mol. The van der Waals surface area contributed by atoms with Crippen molar-refractivity contribution in [3.05, 3.63) is 54.5 Å². The Kier molecular flexibility index (Phi) is 3.72. The average molecular weight is 343 g/mol. The smallest absolute Gasteiger partial charge is 0.241 e. The van der Waals surface area contributed by atoms with Gasteiger partial charge in [-0.1, -0.05) is 17.3 Å². The molecule has 0 atom stereocenters. The van der Waals surface area contributed by atoms with Crippen molar-refractivity contribution in [2.45, 2.75) is 18.6 Å². The van der Waals surface area contributed by atoms with Crippen LogP contribution in [0.3, 0.4) is 0 Å². The zero-order valence-corrected chi connectivity index (χ0v) is 13.8. The highest BCUT2D eigenvalue weighted by Gasteiger charge is 2.32. The van der Waals surface area contributed by atoms with Gasteiger partial charge in [0.25, 0.3) is 0 Å². The van der Waals surface area contributed by atoms with Crippen LogP contribution in [-0.4, -0.2) is 25.1 Å². The molecule has 4 rings (SSSR count). The predicted octanol–water partition coefficient (Wildman–Crippen LogP) is 2.97. The molecule has 1 fully saturated rings. The summed E-state index contributed by atoms with van der Waals surface area (Å²) >= 11 is 0. The lowest BCUT2D eigenvalue weighted by molar-refractivity contribution is 0.448. The van der Waals surface area contributed by atoms with E-state index in [4.69, 9.17) is 4.52 Å². The summed E-state index contributed by atoms with van der Waals surface area (Å²) in [6.45, 7) is 0.490. The highest BCUT2D eigenvalue weighted by Crippen LogP contribution is 2.33. The minimum atomic E-state index is -3.57. The summed E-state index contributed by atoms with van der Waals surface area (Å²) in [7, 11) is -3.57. The summed E-state index contributed by atoms with van der Waals surface area (Å²) in [6.07, 6.45) is 5.36. The number of hydrogen-bond donors (Lipinski definition) is 0. The van der Waals surface area contributed by atoms with Crippen LogP contribution in [0.2, 0.25) is 0 Å². The summed E-state index contributed by atoms with van der Waals surface area (Å²) in [4.78, 5) is 4.05. The first-order valence-corrected chi connectivity index (χ1v) is 9.48. The molecule has 6 nitrogen and oxygen atoms in total. The second kappa shape index (κ2) is 5.90. The van der Waals surface area contributed by atoms with Gasteiger partial charge >= 0.3 is 0 Å². The van der Waals surface area contributed by atoms with E-state index in [1.54, 1.807) is 30.6 Å². The van der Waals surface area contributed by atoms with Gasteiger partial charge in [-0.3, -0.25) is 9.29 Å². The van der Waals surface area contributed by atoms with Gasteiger partial charge in [-0.25, -0.2) is 8.42 Å². The molecule has 0 amide bonds. The highest BCUT2D eigenvalue weighted by atomic mass is 32.2. The summed E-state index contributed by atoms with van der Waals surface area (Å²) in [5.41, 5.74) is 1.63. The number of pyridine rings is 1. The molecule has 24 heavy (non-hydrogen) atoms. The molecule has 7 heteroatoms. The van der Waals surface area contributed by atoms with Gasteiger partial charge in [-0.05, 0) is 43.0 Å². The van der Waals surface area contributed by atoms with E-state index in [-0.39, 0.29) is 5.75 Å². The van der Waals surface area contributed by atoms with Gasteiger partial charge in [0, 0.05) is 18.1 Å². The lowest BCUT2D eigenvalue weighted by atomic mass is 10.2. The first-order valence-electron chi connectivity index (χ1n) is 7.87.